The molecule has 0 aromatic rings. The van der Waals surface area contributed by atoms with E-state index in [1.54, 1.807) is 0 Å². The molecule has 3 nitrogen and oxygen atoms in total. The van der Waals surface area contributed by atoms with Crippen molar-refractivity contribution in [2.45, 2.75) is 62.8 Å². The number of carbonyl (C=O) groups excluding carboxylic acids is 1. The van der Waals surface area contributed by atoms with Crippen molar-refractivity contribution in [1.29, 1.82) is 0 Å². The van der Waals surface area contributed by atoms with Crippen molar-refractivity contribution < 1.29 is 4.79 Å². The number of nitrogens with one attached hydrogen (secondary N) is 2. The van der Waals surface area contributed by atoms with Gasteiger partial charge in [0.05, 0.1) is 0 Å². The van der Waals surface area contributed by atoms with Gasteiger partial charge in [-0.25, -0.2) is 0 Å². The van der Waals surface area contributed by atoms with E-state index in [-0.39, 0.29) is 5.91 Å². The van der Waals surface area contributed by atoms with Crippen LogP contribution in [0.5, 0.6) is 0 Å². The van der Waals surface area contributed by atoms with Gasteiger partial charge in [-0.1, -0.05) is 6.92 Å². The molecule has 0 heterocycles. The van der Waals surface area contributed by atoms with E-state index in [0.29, 0.717) is 18.5 Å². The number of rotatable bonds is 7. The van der Waals surface area contributed by atoms with Gasteiger partial charge in [-0.05, 0) is 37.9 Å². The Labute approximate surface area is 108 Å². The maximum Gasteiger partial charge on any atom is 0.221 e. The number of hydrogen-bond donors (Lipinski definition) is 2. The summed E-state index contributed by atoms with van der Waals surface area (Å²) in [5, 5.41) is 7.32. The lowest BCUT2D eigenvalue weighted by molar-refractivity contribution is -0.121. The van der Waals surface area contributed by atoms with E-state index in [1.165, 1.54) is 37.9 Å². The summed E-state index contributed by atoms with van der Waals surface area (Å²) in [5.41, 5.74) is 0. The Hall–Kier alpha value is -0.220. The van der Waals surface area contributed by atoms with Crippen LogP contribution in [0.25, 0.3) is 0 Å². The van der Waals surface area contributed by atoms with Gasteiger partial charge in [0.25, 0.3) is 0 Å². The van der Waals surface area contributed by atoms with Crippen molar-refractivity contribution in [3.8, 4) is 0 Å². The second-order valence-corrected chi connectivity index (χ2v) is 6.71. The zero-order valence-electron chi connectivity index (χ0n) is 10.7. The second-order valence-electron chi connectivity index (χ2n) is 5.13. The lowest BCUT2D eigenvalue weighted by Crippen LogP contribution is -2.35. The molecule has 0 aromatic carbocycles. The zero-order chi connectivity index (χ0) is 12.1. The molecule has 2 saturated carbocycles. The van der Waals surface area contributed by atoms with Crippen LogP contribution in [0, 0.1) is 0 Å². The Morgan fingerprint density at radius 1 is 1.24 bits per heavy atom. The van der Waals surface area contributed by atoms with Crippen molar-refractivity contribution in [3.63, 3.8) is 0 Å². The summed E-state index contributed by atoms with van der Waals surface area (Å²) in [7, 11) is 0. The summed E-state index contributed by atoms with van der Waals surface area (Å²) in [4.78, 5) is 11.7. The summed E-state index contributed by atoms with van der Waals surface area (Å²) < 4.78 is 0. The highest BCUT2D eigenvalue weighted by Gasteiger charge is 2.25. The quantitative estimate of drug-likeness (QED) is 0.731. The summed E-state index contributed by atoms with van der Waals surface area (Å²) in [6.45, 7) is 3.05. The molecule has 98 valence electrons. The van der Waals surface area contributed by atoms with Gasteiger partial charge < -0.3 is 10.6 Å². The number of hydrogen-bond acceptors (Lipinski definition) is 3. The molecule has 0 aromatic heterocycles. The van der Waals surface area contributed by atoms with Crippen molar-refractivity contribution in [3.05, 3.63) is 0 Å². The molecular weight excluding hydrogens is 232 g/mol. The van der Waals surface area contributed by atoms with Crippen LogP contribution in [0.1, 0.15) is 45.4 Å². The average Bonchev–Trinajstić information content (AvgIpc) is 3.01. The molecule has 0 bridgehead atoms. The predicted octanol–water partition coefficient (Wildman–Crippen LogP) is 1.92. The van der Waals surface area contributed by atoms with Crippen LogP contribution >= 0.6 is 11.8 Å². The van der Waals surface area contributed by atoms with Crippen molar-refractivity contribution in [1.82, 2.24) is 10.6 Å². The van der Waals surface area contributed by atoms with Crippen LogP contribution in [0.2, 0.25) is 0 Å². The number of carbonyl (C=O) groups is 1. The first-order chi connectivity index (χ1) is 8.28. The largest absolute Gasteiger partial charge is 0.353 e. The Balaban J connectivity index is 1.55. The number of amides is 1. The minimum Gasteiger partial charge on any atom is -0.353 e. The number of thioether (sulfide) groups is 1. The minimum atomic E-state index is 0.227. The first-order valence-electron chi connectivity index (χ1n) is 6.92. The molecule has 17 heavy (non-hydrogen) atoms. The summed E-state index contributed by atoms with van der Waals surface area (Å²) in [6, 6.07) is 1.15. The molecular formula is C13H24N2OS. The van der Waals surface area contributed by atoms with Crippen molar-refractivity contribution >= 4 is 17.7 Å². The van der Waals surface area contributed by atoms with Gasteiger partial charge in [0.2, 0.25) is 5.91 Å². The lowest BCUT2D eigenvalue weighted by atomic mass is 10.2. The standard InChI is InChI=1S/C13H24N2OS/c1-2-17-12-6-5-11(9-12)15-13(16)7-8-14-10-3-4-10/h10-12,14H,2-9H2,1H3,(H,15,16). The van der Waals surface area contributed by atoms with Crippen LogP contribution in [0.3, 0.4) is 0 Å². The van der Waals surface area contributed by atoms with Crippen molar-refractivity contribution in [2.24, 2.45) is 0 Å². The normalized spacial score (nSPS) is 28.3. The Kier molecular flexibility index (Phi) is 5.16. The highest BCUT2D eigenvalue weighted by molar-refractivity contribution is 7.99. The molecule has 2 N–H and O–H groups in total. The third-order valence-electron chi connectivity index (χ3n) is 3.51. The van der Waals surface area contributed by atoms with Gasteiger partial charge in [0.15, 0.2) is 0 Å². The third kappa shape index (κ3) is 4.88. The molecule has 0 aliphatic heterocycles. The first-order valence-corrected chi connectivity index (χ1v) is 7.97. The first kappa shape index (κ1) is 13.2. The molecule has 0 spiro atoms. The van der Waals surface area contributed by atoms with Crippen LogP contribution < -0.4 is 10.6 Å². The zero-order valence-corrected chi connectivity index (χ0v) is 11.5. The second kappa shape index (κ2) is 6.64. The van der Waals surface area contributed by atoms with Crippen LogP contribution in [0.15, 0.2) is 0 Å². The molecule has 4 heteroatoms. The average molecular weight is 256 g/mol. The van der Waals surface area contributed by atoms with Gasteiger partial charge in [0.1, 0.15) is 0 Å². The van der Waals surface area contributed by atoms with E-state index in [4.69, 9.17) is 0 Å². The van der Waals surface area contributed by atoms with Gasteiger partial charge in [-0.2, -0.15) is 11.8 Å². The van der Waals surface area contributed by atoms with Crippen LogP contribution in [-0.2, 0) is 4.79 Å². The smallest absolute Gasteiger partial charge is 0.221 e. The molecule has 1 amide bonds. The van der Waals surface area contributed by atoms with E-state index in [0.717, 1.165) is 11.8 Å². The van der Waals surface area contributed by atoms with E-state index >= 15 is 0 Å². The topological polar surface area (TPSA) is 41.1 Å². The van der Waals surface area contributed by atoms with Crippen LogP contribution in [0.4, 0.5) is 0 Å². The fourth-order valence-corrected chi connectivity index (χ4v) is 3.58. The van der Waals surface area contributed by atoms with Crippen molar-refractivity contribution in [2.75, 3.05) is 12.3 Å². The Morgan fingerprint density at radius 2 is 2.00 bits per heavy atom. The molecule has 2 atom stereocenters. The third-order valence-corrected chi connectivity index (χ3v) is 4.75. The fraction of sp³-hybridized carbons (Fsp3) is 0.923. The molecule has 2 unspecified atom stereocenters. The monoisotopic (exact) mass is 256 g/mol. The van der Waals surface area contributed by atoms with Gasteiger partial charge in [0, 0.05) is 30.3 Å². The predicted molar refractivity (Wildman–Crippen MR) is 73.3 cm³/mol. The molecule has 2 aliphatic rings. The highest BCUT2D eigenvalue weighted by atomic mass is 32.2. The molecule has 0 saturated heterocycles. The summed E-state index contributed by atoms with van der Waals surface area (Å²) >= 11 is 2.04. The lowest BCUT2D eigenvalue weighted by Gasteiger charge is -2.13. The molecule has 2 fully saturated rings. The van der Waals surface area contributed by atoms with E-state index < -0.39 is 0 Å². The van der Waals surface area contributed by atoms with E-state index in [1.807, 2.05) is 11.8 Å². The SMILES string of the molecule is CCSC1CCC(NC(=O)CCNC2CC2)C1. The van der Waals surface area contributed by atoms with E-state index in [9.17, 15) is 4.79 Å². The fourth-order valence-electron chi connectivity index (χ4n) is 2.44. The van der Waals surface area contributed by atoms with Crippen LogP contribution in [-0.4, -0.2) is 35.5 Å². The highest BCUT2D eigenvalue weighted by Crippen LogP contribution is 2.29. The molecule has 0 radical (unpaired) electrons. The van der Waals surface area contributed by atoms with Gasteiger partial charge in [-0.15, -0.1) is 0 Å². The van der Waals surface area contributed by atoms with Gasteiger partial charge >= 0.3 is 0 Å². The van der Waals surface area contributed by atoms with Gasteiger partial charge in [-0.3, -0.25) is 4.79 Å². The summed E-state index contributed by atoms with van der Waals surface area (Å²) in [6.07, 6.45) is 6.82. The van der Waals surface area contributed by atoms with E-state index in [2.05, 4.69) is 17.6 Å². The molecule has 2 aliphatic carbocycles. The maximum absolute atomic E-state index is 11.7. The Bertz CT molecular complexity index is 256. The Morgan fingerprint density at radius 3 is 2.71 bits per heavy atom. The minimum absolute atomic E-state index is 0.227. The maximum atomic E-state index is 11.7. The molecule has 2 rings (SSSR count). The summed E-state index contributed by atoms with van der Waals surface area (Å²) in [5.74, 6) is 1.42.